The molecule has 1 aliphatic heterocycles. The number of sulfonamides is 1. The predicted molar refractivity (Wildman–Crippen MR) is 109 cm³/mol. The number of nitriles is 1. The molecule has 1 aliphatic rings. The molecule has 30 heavy (non-hydrogen) atoms. The molecule has 0 bridgehead atoms. The van der Waals surface area contributed by atoms with Crippen LogP contribution in [0.15, 0.2) is 52.3 Å². The fourth-order valence-electron chi connectivity index (χ4n) is 2.85. The zero-order valence-corrected chi connectivity index (χ0v) is 17.2. The van der Waals surface area contributed by atoms with Gasteiger partial charge in [0.25, 0.3) is 5.91 Å². The minimum atomic E-state index is -3.78. The molecule has 0 unspecified atom stereocenters. The minimum absolute atomic E-state index is 0.0312. The number of carbonyl (C=O) groups excluding carboxylic acids is 1. The van der Waals surface area contributed by atoms with E-state index < -0.39 is 21.9 Å². The van der Waals surface area contributed by atoms with Crippen molar-refractivity contribution in [2.75, 3.05) is 31.6 Å². The van der Waals surface area contributed by atoms with Gasteiger partial charge in [0.15, 0.2) is 0 Å². The van der Waals surface area contributed by atoms with Crippen molar-refractivity contribution in [1.29, 1.82) is 5.26 Å². The van der Waals surface area contributed by atoms with E-state index in [-0.39, 0.29) is 34.8 Å². The zero-order chi connectivity index (χ0) is 21.7. The van der Waals surface area contributed by atoms with Crippen molar-refractivity contribution in [2.24, 2.45) is 0 Å². The number of carboxylic acids is 1. The minimum Gasteiger partial charge on any atom is -0.478 e. The molecule has 0 atom stereocenters. The van der Waals surface area contributed by atoms with Gasteiger partial charge in [0.05, 0.1) is 29.4 Å². The summed E-state index contributed by atoms with van der Waals surface area (Å²) in [4.78, 5) is 24.6. The number of carboxylic acid groups (broad SMARTS) is 1. The molecule has 2 aromatic carbocycles. The molecule has 2 aromatic rings. The van der Waals surface area contributed by atoms with Gasteiger partial charge in [-0.25, -0.2) is 13.2 Å². The van der Waals surface area contributed by atoms with Gasteiger partial charge in [-0.05, 0) is 48.2 Å². The SMILES string of the molecule is N#CSc1ccc(NC(=O)c2cccc(S(=O)(=O)N3CCOCC3)c2)c(C(=O)O)c1. The van der Waals surface area contributed by atoms with Gasteiger partial charge >= 0.3 is 5.97 Å². The van der Waals surface area contributed by atoms with E-state index in [1.165, 1.54) is 46.8 Å². The maximum atomic E-state index is 12.8. The highest BCUT2D eigenvalue weighted by molar-refractivity contribution is 8.03. The van der Waals surface area contributed by atoms with Crippen molar-refractivity contribution in [3.63, 3.8) is 0 Å². The monoisotopic (exact) mass is 447 g/mol. The van der Waals surface area contributed by atoms with Crippen molar-refractivity contribution >= 4 is 39.3 Å². The standard InChI is InChI=1S/C19H17N3O6S2/c20-12-29-14-4-5-17(16(11-14)19(24)25)21-18(23)13-2-1-3-15(10-13)30(26,27)22-6-8-28-9-7-22/h1-5,10-11H,6-9H2,(H,21,23)(H,24,25). The summed E-state index contributed by atoms with van der Waals surface area (Å²) in [6.45, 7) is 1.07. The first kappa shape index (κ1) is 21.8. The van der Waals surface area contributed by atoms with Crippen LogP contribution in [-0.2, 0) is 14.8 Å². The molecular weight excluding hydrogens is 430 g/mol. The Morgan fingerprint density at radius 1 is 1.17 bits per heavy atom. The van der Waals surface area contributed by atoms with Gasteiger partial charge < -0.3 is 15.2 Å². The molecule has 0 aromatic heterocycles. The van der Waals surface area contributed by atoms with Crippen LogP contribution in [0.2, 0.25) is 0 Å². The first-order valence-corrected chi connectivity index (χ1v) is 11.0. The second kappa shape index (κ2) is 9.27. The van der Waals surface area contributed by atoms with Crippen LogP contribution in [0.5, 0.6) is 0 Å². The highest BCUT2D eigenvalue weighted by atomic mass is 32.2. The number of nitrogens with zero attached hydrogens (tertiary/aromatic N) is 2. The summed E-state index contributed by atoms with van der Waals surface area (Å²) in [7, 11) is -3.78. The van der Waals surface area contributed by atoms with Crippen molar-refractivity contribution in [3.8, 4) is 5.40 Å². The third-order valence-electron chi connectivity index (χ3n) is 4.34. The predicted octanol–water partition coefficient (Wildman–Crippen LogP) is 2.23. The number of hydrogen-bond acceptors (Lipinski definition) is 7. The van der Waals surface area contributed by atoms with Crippen molar-refractivity contribution in [3.05, 3.63) is 53.6 Å². The molecule has 0 spiro atoms. The average molecular weight is 447 g/mol. The van der Waals surface area contributed by atoms with Gasteiger partial charge in [-0.15, -0.1) is 0 Å². The molecule has 1 amide bonds. The summed E-state index contributed by atoms with van der Waals surface area (Å²) in [6, 6.07) is 9.72. The lowest BCUT2D eigenvalue weighted by Crippen LogP contribution is -2.40. The average Bonchev–Trinajstić information content (AvgIpc) is 2.75. The van der Waals surface area contributed by atoms with Gasteiger partial charge in [0, 0.05) is 23.5 Å². The molecule has 3 rings (SSSR count). The van der Waals surface area contributed by atoms with Gasteiger partial charge in [-0.3, -0.25) is 4.79 Å². The summed E-state index contributed by atoms with van der Waals surface area (Å²) in [5.41, 5.74) is -0.0759. The summed E-state index contributed by atoms with van der Waals surface area (Å²) < 4.78 is 32.1. The van der Waals surface area contributed by atoms with E-state index in [2.05, 4.69) is 5.32 Å². The molecule has 156 valence electrons. The molecule has 9 nitrogen and oxygen atoms in total. The Morgan fingerprint density at radius 3 is 2.57 bits per heavy atom. The Labute approximate surface area is 177 Å². The Morgan fingerprint density at radius 2 is 1.90 bits per heavy atom. The number of nitrogens with one attached hydrogen (secondary N) is 1. The fraction of sp³-hybridized carbons (Fsp3) is 0.211. The maximum absolute atomic E-state index is 12.8. The lowest BCUT2D eigenvalue weighted by molar-refractivity contribution is 0.0697. The second-order valence-electron chi connectivity index (χ2n) is 6.20. The second-order valence-corrected chi connectivity index (χ2v) is 9.00. The highest BCUT2D eigenvalue weighted by Gasteiger charge is 2.27. The number of anilines is 1. The summed E-state index contributed by atoms with van der Waals surface area (Å²) in [6.07, 6.45) is 0. The quantitative estimate of drug-likeness (QED) is 0.508. The molecular formula is C19H17N3O6S2. The molecule has 2 N–H and O–H groups in total. The van der Waals surface area contributed by atoms with E-state index in [4.69, 9.17) is 10.00 Å². The van der Waals surface area contributed by atoms with Gasteiger partial charge in [-0.1, -0.05) is 6.07 Å². The van der Waals surface area contributed by atoms with E-state index in [1.807, 2.05) is 5.40 Å². The third-order valence-corrected chi connectivity index (χ3v) is 6.81. The van der Waals surface area contributed by atoms with Gasteiger partial charge in [0.1, 0.15) is 5.40 Å². The van der Waals surface area contributed by atoms with Crippen LogP contribution in [0, 0.1) is 10.7 Å². The maximum Gasteiger partial charge on any atom is 0.337 e. The number of morpholine rings is 1. The van der Waals surface area contributed by atoms with Crippen molar-refractivity contribution in [1.82, 2.24) is 4.31 Å². The van der Waals surface area contributed by atoms with Crippen LogP contribution in [0.4, 0.5) is 5.69 Å². The summed E-state index contributed by atoms with van der Waals surface area (Å²) in [5.74, 6) is -1.92. The van der Waals surface area contributed by atoms with Gasteiger partial charge in [0.2, 0.25) is 10.0 Å². The molecule has 0 aliphatic carbocycles. The third kappa shape index (κ3) is 4.80. The number of carbonyl (C=O) groups is 2. The van der Waals surface area contributed by atoms with Crippen LogP contribution in [-0.4, -0.2) is 56.0 Å². The summed E-state index contributed by atoms with van der Waals surface area (Å²) >= 11 is 0.798. The molecule has 0 saturated carbocycles. The van der Waals surface area contributed by atoms with E-state index >= 15 is 0 Å². The number of ether oxygens (including phenoxy) is 1. The first-order valence-electron chi connectivity index (χ1n) is 8.75. The number of thioether (sulfide) groups is 1. The number of thiocyanates is 1. The van der Waals surface area contributed by atoms with E-state index in [0.29, 0.717) is 18.1 Å². The number of rotatable bonds is 6. The van der Waals surface area contributed by atoms with Crippen LogP contribution >= 0.6 is 11.8 Å². The smallest absolute Gasteiger partial charge is 0.337 e. The van der Waals surface area contributed by atoms with Gasteiger partial charge in [-0.2, -0.15) is 9.57 Å². The van der Waals surface area contributed by atoms with Crippen LogP contribution < -0.4 is 5.32 Å². The fourth-order valence-corrected chi connectivity index (χ4v) is 4.73. The Balaban J connectivity index is 1.86. The lowest BCUT2D eigenvalue weighted by Gasteiger charge is -2.26. The molecule has 0 radical (unpaired) electrons. The zero-order valence-electron chi connectivity index (χ0n) is 15.6. The largest absolute Gasteiger partial charge is 0.478 e. The summed E-state index contributed by atoms with van der Waals surface area (Å²) in [5, 5.41) is 22.5. The van der Waals surface area contributed by atoms with E-state index in [9.17, 15) is 23.1 Å². The topological polar surface area (TPSA) is 137 Å². The number of benzene rings is 2. The molecule has 1 fully saturated rings. The number of amides is 1. The van der Waals surface area contributed by atoms with E-state index in [0.717, 1.165) is 11.8 Å². The Bertz CT molecular complexity index is 1120. The number of hydrogen-bond donors (Lipinski definition) is 2. The first-order chi connectivity index (χ1) is 14.3. The Hall–Kier alpha value is -2.91. The van der Waals surface area contributed by atoms with Crippen molar-refractivity contribution in [2.45, 2.75) is 9.79 Å². The van der Waals surface area contributed by atoms with Crippen molar-refractivity contribution < 1.29 is 27.9 Å². The van der Waals surface area contributed by atoms with Crippen LogP contribution in [0.1, 0.15) is 20.7 Å². The molecule has 11 heteroatoms. The normalized spacial score (nSPS) is 14.6. The van der Waals surface area contributed by atoms with Crippen LogP contribution in [0.25, 0.3) is 0 Å². The lowest BCUT2D eigenvalue weighted by atomic mass is 10.1. The Kier molecular flexibility index (Phi) is 6.73. The van der Waals surface area contributed by atoms with E-state index in [1.54, 1.807) is 0 Å². The molecule has 1 heterocycles. The molecule has 1 saturated heterocycles. The highest BCUT2D eigenvalue weighted by Crippen LogP contribution is 2.25. The number of aromatic carboxylic acids is 1. The van der Waals surface area contributed by atoms with Crippen LogP contribution in [0.3, 0.4) is 0 Å².